The molecule has 1 N–H and O–H groups in total. The van der Waals surface area contributed by atoms with Crippen LogP contribution in [0.3, 0.4) is 0 Å². The number of morpholine rings is 1. The minimum atomic E-state index is -4.40. The van der Waals surface area contributed by atoms with E-state index in [1.165, 1.54) is 23.3 Å². The molecule has 1 heterocycles. The van der Waals surface area contributed by atoms with Gasteiger partial charge in [-0.1, -0.05) is 36.4 Å². The molecule has 0 saturated carbocycles. The van der Waals surface area contributed by atoms with Crippen molar-refractivity contribution in [3.63, 3.8) is 0 Å². The van der Waals surface area contributed by atoms with E-state index in [0.29, 0.717) is 28.4 Å². The van der Waals surface area contributed by atoms with E-state index in [-0.39, 0.29) is 5.91 Å². The molecule has 1 unspecified atom stereocenters. The molecule has 3 aromatic carbocycles. The molecule has 1 aliphatic heterocycles. The molecule has 0 spiro atoms. The van der Waals surface area contributed by atoms with E-state index >= 15 is 0 Å². The first-order valence-electron chi connectivity index (χ1n) is 11.4. The zero-order chi connectivity index (χ0) is 23.7. The van der Waals surface area contributed by atoms with Gasteiger partial charge in [-0.25, -0.2) is 0 Å². The summed E-state index contributed by atoms with van der Waals surface area (Å²) in [6.45, 7) is 3.44. The largest absolute Gasteiger partial charge is 0.416 e. The first kappa shape index (κ1) is 22.6. The number of nitrogens with one attached hydrogen (secondary N) is 1. The summed E-state index contributed by atoms with van der Waals surface area (Å²) in [5.41, 5.74) is 4.10. The van der Waals surface area contributed by atoms with Crippen molar-refractivity contribution < 1.29 is 22.7 Å². The van der Waals surface area contributed by atoms with E-state index in [4.69, 9.17) is 4.74 Å². The molecular formula is C27H25F3N2O2. The Labute approximate surface area is 196 Å². The third kappa shape index (κ3) is 4.72. The van der Waals surface area contributed by atoms with Gasteiger partial charge >= 0.3 is 6.18 Å². The lowest BCUT2D eigenvalue weighted by molar-refractivity contribution is -0.137. The number of halogens is 3. The normalized spacial score (nSPS) is 18.5. The number of carbonyl (C=O) groups excluding carboxylic acids is 1. The van der Waals surface area contributed by atoms with Crippen molar-refractivity contribution in [2.24, 2.45) is 0 Å². The number of amides is 1. The zero-order valence-electron chi connectivity index (χ0n) is 18.6. The van der Waals surface area contributed by atoms with Crippen LogP contribution >= 0.6 is 0 Å². The van der Waals surface area contributed by atoms with Crippen LogP contribution in [0.2, 0.25) is 0 Å². The van der Waals surface area contributed by atoms with Crippen LogP contribution in [0.5, 0.6) is 0 Å². The summed E-state index contributed by atoms with van der Waals surface area (Å²) in [6, 6.07) is 18.3. The maximum Gasteiger partial charge on any atom is 0.416 e. The molecule has 0 aromatic heterocycles. The maximum absolute atomic E-state index is 13.1. The van der Waals surface area contributed by atoms with Crippen molar-refractivity contribution in [3.05, 3.63) is 89.0 Å². The smallest absolute Gasteiger partial charge is 0.379 e. The van der Waals surface area contributed by atoms with Crippen molar-refractivity contribution in [1.29, 1.82) is 0 Å². The molecule has 1 saturated heterocycles. The van der Waals surface area contributed by atoms with Gasteiger partial charge in [0.15, 0.2) is 0 Å². The van der Waals surface area contributed by atoms with Crippen LogP contribution in [0.1, 0.15) is 27.0 Å². The van der Waals surface area contributed by atoms with Crippen LogP contribution in [0.25, 0.3) is 11.1 Å². The minimum absolute atomic E-state index is 0.293. The van der Waals surface area contributed by atoms with Crippen molar-refractivity contribution in [2.75, 3.05) is 31.6 Å². The van der Waals surface area contributed by atoms with Gasteiger partial charge in [0, 0.05) is 30.4 Å². The number of benzene rings is 3. The molecule has 0 bridgehead atoms. The summed E-state index contributed by atoms with van der Waals surface area (Å²) >= 11 is 0. The first-order valence-corrected chi connectivity index (χ1v) is 11.4. The fourth-order valence-corrected chi connectivity index (χ4v) is 4.84. The first-order chi connectivity index (χ1) is 16.4. The Morgan fingerprint density at radius 3 is 2.35 bits per heavy atom. The van der Waals surface area contributed by atoms with Gasteiger partial charge in [-0.05, 0) is 65.4 Å². The van der Waals surface area contributed by atoms with Gasteiger partial charge in [0.2, 0.25) is 0 Å². The molecule has 0 radical (unpaired) electrons. The minimum Gasteiger partial charge on any atom is -0.379 e. The average molecular weight is 467 g/mol. The Bertz CT molecular complexity index is 1190. The molecule has 7 heteroatoms. The highest BCUT2D eigenvalue weighted by Crippen LogP contribution is 2.33. The van der Waals surface area contributed by atoms with Crippen molar-refractivity contribution in [1.82, 2.24) is 4.90 Å². The molecule has 34 heavy (non-hydrogen) atoms. The molecule has 1 amide bonds. The highest BCUT2D eigenvalue weighted by Gasteiger charge is 2.30. The van der Waals surface area contributed by atoms with E-state index in [1.807, 2.05) is 12.1 Å². The summed E-state index contributed by atoms with van der Waals surface area (Å²) in [5, 5.41) is 2.98. The molecule has 1 fully saturated rings. The number of nitrogens with zero attached hydrogens (tertiary/aromatic N) is 1. The van der Waals surface area contributed by atoms with Gasteiger partial charge in [0.1, 0.15) is 0 Å². The topological polar surface area (TPSA) is 41.6 Å². The van der Waals surface area contributed by atoms with Crippen LogP contribution in [0.15, 0.2) is 66.7 Å². The molecule has 1 aliphatic carbocycles. The second-order valence-corrected chi connectivity index (χ2v) is 8.77. The number of anilines is 1. The molecule has 1 atom stereocenters. The maximum atomic E-state index is 13.1. The van der Waals surface area contributed by atoms with Crippen molar-refractivity contribution >= 4 is 11.6 Å². The Morgan fingerprint density at radius 1 is 0.912 bits per heavy atom. The van der Waals surface area contributed by atoms with Crippen molar-refractivity contribution in [3.8, 4) is 11.1 Å². The standard InChI is InChI=1S/C27H25F3N2O2/c28-27(29,30)21-8-5-18(6-9-21)24-3-1-2-4-25(24)26(33)31-22-10-7-19-16-23(17-20(19)15-22)32-11-13-34-14-12-32/h1-10,15,23H,11-14,16-17H2,(H,31,33). The second kappa shape index (κ2) is 9.24. The van der Waals surface area contributed by atoms with Crippen LogP contribution in [-0.2, 0) is 23.8 Å². The van der Waals surface area contributed by atoms with Gasteiger partial charge in [-0.15, -0.1) is 0 Å². The Kier molecular flexibility index (Phi) is 6.15. The average Bonchev–Trinajstić information content (AvgIpc) is 3.28. The second-order valence-electron chi connectivity index (χ2n) is 8.77. The highest BCUT2D eigenvalue weighted by atomic mass is 19.4. The number of fused-ring (bicyclic) bond motifs is 1. The highest BCUT2D eigenvalue weighted by molar-refractivity contribution is 6.08. The molecule has 176 valence electrons. The monoisotopic (exact) mass is 466 g/mol. The summed E-state index contributed by atoms with van der Waals surface area (Å²) in [7, 11) is 0. The van der Waals surface area contributed by atoms with Crippen molar-refractivity contribution in [2.45, 2.75) is 25.1 Å². The molecule has 2 aliphatic rings. The van der Waals surface area contributed by atoms with Gasteiger partial charge < -0.3 is 10.1 Å². The summed E-state index contributed by atoms with van der Waals surface area (Å²) < 4.78 is 44.2. The Morgan fingerprint density at radius 2 is 1.62 bits per heavy atom. The van der Waals surface area contributed by atoms with E-state index in [0.717, 1.165) is 51.3 Å². The molecular weight excluding hydrogens is 441 g/mol. The predicted octanol–water partition coefficient (Wildman–Crippen LogP) is 5.42. The number of ether oxygens (including phenoxy) is 1. The van der Waals surface area contributed by atoms with E-state index in [1.54, 1.807) is 24.3 Å². The lowest BCUT2D eigenvalue weighted by Crippen LogP contribution is -2.43. The number of carbonyl (C=O) groups is 1. The molecule has 5 rings (SSSR count). The third-order valence-electron chi connectivity index (χ3n) is 6.63. The van der Waals surface area contributed by atoms with E-state index < -0.39 is 11.7 Å². The van der Waals surface area contributed by atoms with Crippen LogP contribution < -0.4 is 5.32 Å². The van der Waals surface area contributed by atoms with Crippen LogP contribution in [-0.4, -0.2) is 43.2 Å². The Balaban J connectivity index is 1.32. The van der Waals surface area contributed by atoms with E-state index in [9.17, 15) is 18.0 Å². The predicted molar refractivity (Wildman–Crippen MR) is 125 cm³/mol. The molecule has 4 nitrogen and oxygen atoms in total. The quantitative estimate of drug-likeness (QED) is 0.558. The number of hydrogen-bond donors (Lipinski definition) is 1. The Hall–Kier alpha value is -3.16. The number of hydrogen-bond acceptors (Lipinski definition) is 3. The lowest BCUT2D eigenvalue weighted by Gasteiger charge is -2.32. The number of rotatable bonds is 4. The fourth-order valence-electron chi connectivity index (χ4n) is 4.84. The van der Waals surface area contributed by atoms with Gasteiger partial charge in [0.05, 0.1) is 18.8 Å². The summed E-state index contributed by atoms with van der Waals surface area (Å²) in [4.78, 5) is 15.6. The summed E-state index contributed by atoms with van der Waals surface area (Å²) in [5.74, 6) is -0.293. The van der Waals surface area contributed by atoms with Gasteiger partial charge in [-0.3, -0.25) is 9.69 Å². The SMILES string of the molecule is O=C(Nc1ccc2c(c1)CC(N1CCOCC1)C2)c1ccccc1-c1ccc(C(F)(F)F)cc1. The fraction of sp³-hybridized carbons (Fsp3) is 0.296. The van der Waals surface area contributed by atoms with Gasteiger partial charge in [0.25, 0.3) is 5.91 Å². The van der Waals surface area contributed by atoms with Crippen LogP contribution in [0, 0.1) is 0 Å². The third-order valence-corrected chi connectivity index (χ3v) is 6.63. The number of alkyl halides is 3. The lowest BCUT2D eigenvalue weighted by atomic mass is 9.98. The van der Waals surface area contributed by atoms with Gasteiger partial charge in [-0.2, -0.15) is 13.2 Å². The van der Waals surface area contributed by atoms with E-state index in [2.05, 4.69) is 16.3 Å². The molecule has 3 aromatic rings. The summed E-state index contributed by atoms with van der Waals surface area (Å²) in [6.07, 6.45) is -2.45. The van der Waals surface area contributed by atoms with Crippen LogP contribution in [0.4, 0.5) is 18.9 Å². The zero-order valence-corrected chi connectivity index (χ0v) is 18.6.